The lowest BCUT2D eigenvalue weighted by Crippen LogP contribution is -2.46. The van der Waals surface area contributed by atoms with Gasteiger partial charge in [-0.05, 0) is 94.1 Å². The summed E-state index contributed by atoms with van der Waals surface area (Å²) >= 11 is 1.72. The number of carbonyl (C=O) groups excluding carboxylic acids is 1. The molecule has 0 saturated carbocycles. The first-order valence-corrected chi connectivity index (χ1v) is 18.2. The Labute approximate surface area is 287 Å². The van der Waals surface area contributed by atoms with Gasteiger partial charge in [0.1, 0.15) is 10.8 Å². The van der Waals surface area contributed by atoms with E-state index < -0.39 is 0 Å². The van der Waals surface area contributed by atoms with Crippen molar-refractivity contribution in [2.45, 2.75) is 44.6 Å². The molecule has 9 nitrogen and oxygen atoms in total. The summed E-state index contributed by atoms with van der Waals surface area (Å²) in [6.45, 7) is 8.80. The topological polar surface area (TPSA) is 79.7 Å². The van der Waals surface area contributed by atoms with Gasteiger partial charge in [0.05, 0.1) is 47.8 Å². The van der Waals surface area contributed by atoms with E-state index in [-0.39, 0.29) is 11.9 Å². The van der Waals surface area contributed by atoms with Crippen LogP contribution in [0.4, 0.5) is 5.69 Å². The zero-order valence-electron chi connectivity index (χ0n) is 27.8. The highest BCUT2D eigenvalue weighted by Gasteiger charge is 2.32. The van der Waals surface area contributed by atoms with Crippen molar-refractivity contribution < 1.29 is 19.0 Å². The van der Waals surface area contributed by atoms with Gasteiger partial charge in [-0.25, -0.2) is 4.98 Å². The highest BCUT2D eigenvalue weighted by molar-refractivity contribution is 7.21. The molecule has 3 aliphatic rings. The number of nitrogens with zero attached hydrogens (tertiary/aromatic N) is 5. The van der Waals surface area contributed by atoms with Gasteiger partial charge in [-0.2, -0.15) is 0 Å². The number of methoxy groups -OCH3 is 1. The van der Waals surface area contributed by atoms with Crippen LogP contribution >= 0.6 is 11.3 Å². The first-order chi connectivity index (χ1) is 23.6. The van der Waals surface area contributed by atoms with E-state index in [0.29, 0.717) is 29.4 Å². The Bertz CT molecular complexity index is 1680. The summed E-state index contributed by atoms with van der Waals surface area (Å²) in [6, 6.07) is 20.3. The van der Waals surface area contributed by atoms with Crippen molar-refractivity contribution in [1.82, 2.24) is 19.7 Å². The van der Waals surface area contributed by atoms with Gasteiger partial charge in [-0.15, -0.1) is 11.3 Å². The number of aliphatic imine (C=N–C) groups is 1. The molecule has 2 saturated heterocycles. The molecule has 4 heterocycles. The number of hydrogen-bond donors (Lipinski definition) is 0. The molecule has 4 aromatic rings. The molecule has 10 heteroatoms. The molecule has 0 bridgehead atoms. The first kappa shape index (κ1) is 32.6. The van der Waals surface area contributed by atoms with Crippen LogP contribution in [0.3, 0.4) is 0 Å². The van der Waals surface area contributed by atoms with Crippen molar-refractivity contribution in [3.05, 3.63) is 66.2 Å². The number of benzene rings is 3. The number of ether oxygens (including phenoxy) is 3. The molecule has 7 rings (SSSR count). The lowest BCUT2D eigenvalue weighted by molar-refractivity contribution is 0.0774. The summed E-state index contributed by atoms with van der Waals surface area (Å²) in [6.07, 6.45) is 8.14. The minimum absolute atomic E-state index is 0.0307. The van der Waals surface area contributed by atoms with E-state index in [9.17, 15) is 4.79 Å². The van der Waals surface area contributed by atoms with Gasteiger partial charge in [-0.3, -0.25) is 9.79 Å². The number of thiazole rings is 1. The summed E-state index contributed by atoms with van der Waals surface area (Å²) in [5.41, 5.74) is 3.45. The number of hydrogen-bond acceptors (Lipinski definition) is 9. The average Bonchev–Trinajstić information content (AvgIpc) is 3.76. The van der Waals surface area contributed by atoms with Crippen molar-refractivity contribution in [2.24, 2.45) is 4.99 Å². The van der Waals surface area contributed by atoms with Crippen molar-refractivity contribution >= 4 is 39.4 Å². The molecule has 0 N–H and O–H groups in total. The minimum atomic E-state index is 0.0307. The van der Waals surface area contributed by atoms with Crippen LogP contribution in [0.15, 0.2) is 65.7 Å². The SMILES string of the molecule is COc1cc2c(cc1OCCCCN1CCN(CCCCOc3ccc(-c4nc5ccccc5s4)cc3)CC1)N=CC1CCCN1C2=O. The highest BCUT2D eigenvalue weighted by Crippen LogP contribution is 2.38. The molecule has 0 spiro atoms. The first-order valence-electron chi connectivity index (χ1n) is 17.4. The maximum absolute atomic E-state index is 13.1. The van der Waals surface area contributed by atoms with Crippen LogP contribution in [0.2, 0.25) is 0 Å². The lowest BCUT2D eigenvalue weighted by atomic mass is 10.1. The predicted octanol–water partition coefficient (Wildman–Crippen LogP) is 6.93. The van der Waals surface area contributed by atoms with Crippen LogP contribution < -0.4 is 14.2 Å². The van der Waals surface area contributed by atoms with Crippen molar-refractivity contribution in [3.63, 3.8) is 0 Å². The number of para-hydroxylation sites is 1. The Kier molecular flexibility index (Phi) is 10.5. The molecule has 1 unspecified atom stereocenters. The number of carbonyl (C=O) groups is 1. The van der Waals surface area contributed by atoms with E-state index in [0.717, 1.165) is 113 Å². The number of fused-ring (bicyclic) bond motifs is 3. The number of aromatic nitrogens is 1. The zero-order valence-corrected chi connectivity index (χ0v) is 28.6. The van der Waals surface area contributed by atoms with E-state index in [1.165, 1.54) is 4.70 Å². The predicted molar refractivity (Wildman–Crippen MR) is 193 cm³/mol. The highest BCUT2D eigenvalue weighted by atomic mass is 32.1. The van der Waals surface area contributed by atoms with Gasteiger partial charge >= 0.3 is 0 Å². The summed E-state index contributed by atoms with van der Waals surface area (Å²) in [5.74, 6) is 2.19. The monoisotopic (exact) mass is 667 g/mol. The molecular formula is C38H45N5O4S. The normalized spacial score (nSPS) is 18.1. The summed E-state index contributed by atoms with van der Waals surface area (Å²) in [7, 11) is 1.62. The van der Waals surface area contributed by atoms with Crippen molar-refractivity contribution in [3.8, 4) is 27.8 Å². The Morgan fingerprint density at radius 1 is 0.833 bits per heavy atom. The fraction of sp³-hybridized carbons (Fsp3) is 0.447. The molecule has 48 heavy (non-hydrogen) atoms. The lowest BCUT2D eigenvalue weighted by Gasteiger charge is -2.34. The smallest absolute Gasteiger partial charge is 0.256 e. The van der Waals surface area contributed by atoms with Gasteiger partial charge in [0.25, 0.3) is 5.91 Å². The fourth-order valence-electron chi connectivity index (χ4n) is 6.79. The molecule has 3 aliphatic heterocycles. The van der Waals surface area contributed by atoms with E-state index in [1.54, 1.807) is 24.5 Å². The van der Waals surface area contributed by atoms with Crippen LogP contribution in [-0.4, -0.2) is 104 Å². The molecule has 1 aromatic heterocycles. The third-order valence-electron chi connectivity index (χ3n) is 9.58. The molecule has 3 aromatic carbocycles. The third kappa shape index (κ3) is 7.66. The van der Waals surface area contributed by atoms with Gasteiger partial charge < -0.3 is 28.9 Å². The van der Waals surface area contributed by atoms with Gasteiger partial charge in [0.2, 0.25) is 0 Å². The van der Waals surface area contributed by atoms with E-state index in [4.69, 9.17) is 19.2 Å². The van der Waals surface area contributed by atoms with E-state index >= 15 is 0 Å². The summed E-state index contributed by atoms with van der Waals surface area (Å²) in [5, 5.41) is 1.05. The zero-order chi connectivity index (χ0) is 32.7. The second kappa shape index (κ2) is 15.5. The van der Waals surface area contributed by atoms with Crippen LogP contribution in [0, 0.1) is 0 Å². The van der Waals surface area contributed by atoms with Crippen molar-refractivity contribution in [2.75, 3.05) is 66.1 Å². The standard InChI is InChI=1S/C38H45N5O4S/c1-45-34-25-31-33(39-27-29-9-8-18-43(29)38(31)44)26-35(34)47-24-7-5-17-42-21-19-41(20-22-42)16-4-6-23-46-30-14-12-28(13-15-30)37-40-32-10-2-3-11-36(32)48-37/h2-3,10-15,25-27,29H,4-9,16-24H2,1H3. The van der Waals surface area contributed by atoms with Gasteiger partial charge in [0, 0.05) is 50.6 Å². The largest absolute Gasteiger partial charge is 0.494 e. The quantitative estimate of drug-likeness (QED) is 0.135. The molecule has 1 atom stereocenters. The molecule has 0 aliphatic carbocycles. The molecule has 252 valence electrons. The average molecular weight is 668 g/mol. The third-order valence-corrected chi connectivity index (χ3v) is 10.7. The van der Waals surface area contributed by atoms with Gasteiger partial charge in [-0.1, -0.05) is 12.1 Å². The Morgan fingerprint density at radius 2 is 1.56 bits per heavy atom. The van der Waals surface area contributed by atoms with Gasteiger partial charge in [0.15, 0.2) is 11.5 Å². The summed E-state index contributed by atoms with van der Waals surface area (Å²) in [4.78, 5) is 29.5. The number of unbranched alkanes of at least 4 members (excludes halogenated alkanes) is 2. The number of amides is 1. The molecule has 0 radical (unpaired) electrons. The number of piperazine rings is 1. The maximum atomic E-state index is 13.1. The van der Waals surface area contributed by atoms with Crippen LogP contribution in [0.5, 0.6) is 17.2 Å². The van der Waals surface area contributed by atoms with Crippen LogP contribution in [0.25, 0.3) is 20.8 Å². The fourth-order valence-corrected chi connectivity index (χ4v) is 7.76. The summed E-state index contributed by atoms with van der Waals surface area (Å²) < 4.78 is 19.0. The second-order valence-electron chi connectivity index (χ2n) is 12.8. The van der Waals surface area contributed by atoms with E-state index in [1.807, 2.05) is 23.2 Å². The van der Waals surface area contributed by atoms with E-state index in [2.05, 4.69) is 57.3 Å². The number of rotatable bonds is 14. The molecule has 1 amide bonds. The van der Waals surface area contributed by atoms with Crippen LogP contribution in [0.1, 0.15) is 48.9 Å². The Hall–Kier alpha value is -3.99. The Balaban J connectivity index is 0.760. The maximum Gasteiger partial charge on any atom is 0.256 e. The van der Waals surface area contributed by atoms with Crippen molar-refractivity contribution in [1.29, 1.82) is 0 Å². The van der Waals surface area contributed by atoms with Crippen LogP contribution in [-0.2, 0) is 0 Å². The molecular weight excluding hydrogens is 623 g/mol. The Morgan fingerprint density at radius 3 is 2.29 bits per heavy atom. The minimum Gasteiger partial charge on any atom is -0.494 e. The second-order valence-corrected chi connectivity index (χ2v) is 13.8. The molecule has 2 fully saturated rings.